The minimum Gasteiger partial charge on any atom is -0.371 e. The fraction of sp³-hybridized carbons (Fsp3) is 0.417. The highest BCUT2D eigenvalue weighted by molar-refractivity contribution is 5.97. The van der Waals surface area contributed by atoms with Gasteiger partial charge >= 0.3 is 6.18 Å². The number of ketones is 1. The first-order chi connectivity index (χ1) is 8.23. The molecule has 1 aromatic rings. The van der Waals surface area contributed by atoms with Gasteiger partial charge in [-0.1, -0.05) is 6.07 Å². The Labute approximate surface area is 102 Å². The fourth-order valence-corrected chi connectivity index (χ4v) is 1.29. The summed E-state index contributed by atoms with van der Waals surface area (Å²) >= 11 is 0. The quantitative estimate of drug-likeness (QED) is 0.615. The van der Waals surface area contributed by atoms with Gasteiger partial charge in [-0.2, -0.15) is 13.2 Å². The lowest BCUT2D eigenvalue weighted by Gasteiger charge is -2.11. The van der Waals surface area contributed by atoms with Crippen LogP contribution in [0.1, 0.15) is 29.8 Å². The molecule has 0 aliphatic rings. The summed E-state index contributed by atoms with van der Waals surface area (Å²) in [4.78, 5) is 11.5. The normalized spacial score (nSPS) is 11.9. The van der Waals surface area contributed by atoms with E-state index in [0.29, 0.717) is 6.07 Å². The zero-order chi connectivity index (χ0) is 13.9. The van der Waals surface area contributed by atoms with Crippen LogP contribution in [-0.4, -0.2) is 18.5 Å². The second-order valence-corrected chi connectivity index (χ2v) is 3.95. The Morgan fingerprint density at radius 3 is 2.44 bits per heavy atom. The molecule has 6 heteroatoms. The monoisotopic (exact) mass is 264 g/mol. The Balaban J connectivity index is 3.01. The molecule has 0 aliphatic heterocycles. The Morgan fingerprint density at radius 1 is 1.33 bits per heavy atom. The van der Waals surface area contributed by atoms with Crippen LogP contribution in [0.2, 0.25) is 0 Å². The Morgan fingerprint density at radius 2 is 1.94 bits per heavy atom. The van der Waals surface area contributed by atoms with Crippen LogP contribution < -0.4 is 0 Å². The van der Waals surface area contributed by atoms with Crippen LogP contribution in [0, 0.1) is 5.82 Å². The standard InChI is InChI=1S/C12H12F4O2/c1-7(2)18-6-10(17)8-4-3-5-9(11(8)13)12(14,15)16/h3-5,7H,6H2,1-2H3. The van der Waals surface area contributed by atoms with Gasteiger partial charge in [-0.25, -0.2) is 4.39 Å². The van der Waals surface area contributed by atoms with Gasteiger partial charge in [0.2, 0.25) is 0 Å². The molecule has 2 nitrogen and oxygen atoms in total. The zero-order valence-corrected chi connectivity index (χ0v) is 9.84. The molecule has 0 unspecified atom stereocenters. The number of carbonyl (C=O) groups is 1. The Bertz CT molecular complexity index is 438. The first-order valence-corrected chi connectivity index (χ1v) is 5.24. The van der Waals surface area contributed by atoms with Crippen LogP contribution in [-0.2, 0) is 10.9 Å². The van der Waals surface area contributed by atoms with Crippen LogP contribution in [0.4, 0.5) is 17.6 Å². The van der Waals surface area contributed by atoms with Gasteiger partial charge in [0.1, 0.15) is 12.4 Å². The molecule has 0 heterocycles. The van der Waals surface area contributed by atoms with Crippen molar-refractivity contribution in [3.8, 4) is 0 Å². The molecule has 0 N–H and O–H groups in total. The summed E-state index contributed by atoms with van der Waals surface area (Å²) in [6.07, 6.45) is -5.08. The molecule has 18 heavy (non-hydrogen) atoms. The van der Waals surface area contributed by atoms with E-state index >= 15 is 0 Å². The van der Waals surface area contributed by atoms with Gasteiger partial charge in [0.05, 0.1) is 17.2 Å². The third-order valence-electron chi connectivity index (χ3n) is 2.15. The lowest BCUT2D eigenvalue weighted by molar-refractivity contribution is -0.140. The smallest absolute Gasteiger partial charge is 0.371 e. The average molecular weight is 264 g/mol. The van der Waals surface area contributed by atoms with Gasteiger partial charge in [0, 0.05) is 0 Å². The summed E-state index contributed by atoms with van der Waals surface area (Å²) in [7, 11) is 0. The summed E-state index contributed by atoms with van der Waals surface area (Å²) in [5, 5.41) is 0. The van der Waals surface area contributed by atoms with Crippen molar-refractivity contribution in [3.63, 3.8) is 0 Å². The van der Waals surface area contributed by atoms with E-state index in [9.17, 15) is 22.4 Å². The van der Waals surface area contributed by atoms with Crippen molar-refractivity contribution in [2.45, 2.75) is 26.1 Å². The van der Waals surface area contributed by atoms with Crippen LogP contribution in [0.5, 0.6) is 0 Å². The van der Waals surface area contributed by atoms with Crippen molar-refractivity contribution in [2.75, 3.05) is 6.61 Å². The molecular weight excluding hydrogens is 252 g/mol. The molecule has 0 bridgehead atoms. The highest BCUT2D eigenvalue weighted by Crippen LogP contribution is 2.32. The third kappa shape index (κ3) is 3.53. The number of Topliss-reactive ketones (excluding diaryl/α,β-unsaturated/α-hetero) is 1. The maximum Gasteiger partial charge on any atom is 0.419 e. The van der Waals surface area contributed by atoms with Gasteiger partial charge < -0.3 is 4.74 Å². The summed E-state index contributed by atoms with van der Waals surface area (Å²) in [5.41, 5.74) is -2.05. The molecule has 1 rings (SSSR count). The SMILES string of the molecule is CC(C)OCC(=O)c1cccc(C(F)(F)F)c1F. The maximum absolute atomic E-state index is 13.5. The predicted octanol–water partition coefficient (Wildman–Crippen LogP) is 3.45. The van der Waals surface area contributed by atoms with E-state index in [1.165, 1.54) is 0 Å². The number of rotatable bonds is 4. The van der Waals surface area contributed by atoms with Crippen molar-refractivity contribution in [1.29, 1.82) is 0 Å². The lowest BCUT2D eigenvalue weighted by atomic mass is 10.1. The Kier molecular flexibility index (Phi) is 4.45. The number of hydrogen-bond donors (Lipinski definition) is 0. The molecule has 0 saturated heterocycles. The number of ether oxygens (including phenoxy) is 1. The third-order valence-corrected chi connectivity index (χ3v) is 2.15. The van der Waals surface area contributed by atoms with Crippen molar-refractivity contribution < 1.29 is 27.1 Å². The number of alkyl halides is 3. The van der Waals surface area contributed by atoms with Gasteiger partial charge in [0.25, 0.3) is 0 Å². The van der Waals surface area contributed by atoms with E-state index in [1.807, 2.05) is 0 Å². The zero-order valence-electron chi connectivity index (χ0n) is 9.84. The topological polar surface area (TPSA) is 26.3 Å². The van der Waals surface area contributed by atoms with Gasteiger partial charge in [-0.15, -0.1) is 0 Å². The van der Waals surface area contributed by atoms with E-state index in [0.717, 1.165) is 12.1 Å². The summed E-state index contributed by atoms with van der Waals surface area (Å²) in [6, 6.07) is 2.60. The molecule has 0 fully saturated rings. The molecule has 0 spiro atoms. The summed E-state index contributed by atoms with van der Waals surface area (Å²) in [5.74, 6) is -2.37. The second kappa shape index (κ2) is 5.48. The first-order valence-electron chi connectivity index (χ1n) is 5.24. The predicted molar refractivity (Wildman–Crippen MR) is 56.8 cm³/mol. The van der Waals surface area contributed by atoms with Crippen LogP contribution >= 0.6 is 0 Å². The largest absolute Gasteiger partial charge is 0.419 e. The van der Waals surface area contributed by atoms with Crippen molar-refractivity contribution in [2.24, 2.45) is 0 Å². The maximum atomic E-state index is 13.5. The lowest BCUT2D eigenvalue weighted by Crippen LogP contribution is -2.17. The summed E-state index contributed by atoms with van der Waals surface area (Å²) in [6.45, 7) is 2.88. The fourth-order valence-electron chi connectivity index (χ4n) is 1.29. The molecule has 0 aromatic heterocycles. The molecule has 100 valence electrons. The van der Waals surface area contributed by atoms with Crippen molar-refractivity contribution in [1.82, 2.24) is 0 Å². The number of hydrogen-bond acceptors (Lipinski definition) is 2. The number of halogens is 4. The molecule has 1 aromatic carbocycles. The number of benzene rings is 1. The van der Waals surface area contributed by atoms with E-state index in [2.05, 4.69) is 0 Å². The highest BCUT2D eigenvalue weighted by atomic mass is 19.4. The van der Waals surface area contributed by atoms with E-state index < -0.39 is 35.5 Å². The van der Waals surface area contributed by atoms with Gasteiger partial charge in [-0.05, 0) is 26.0 Å². The van der Waals surface area contributed by atoms with Gasteiger partial charge in [0.15, 0.2) is 5.78 Å². The van der Waals surface area contributed by atoms with Crippen molar-refractivity contribution in [3.05, 3.63) is 35.1 Å². The van der Waals surface area contributed by atoms with E-state index in [4.69, 9.17) is 4.74 Å². The molecule has 0 saturated carbocycles. The summed E-state index contributed by atoms with van der Waals surface area (Å²) < 4.78 is 55.8. The second-order valence-electron chi connectivity index (χ2n) is 3.95. The molecular formula is C12H12F4O2. The first kappa shape index (κ1) is 14.6. The van der Waals surface area contributed by atoms with Crippen LogP contribution in [0.15, 0.2) is 18.2 Å². The molecule has 0 radical (unpaired) electrons. The van der Waals surface area contributed by atoms with Crippen molar-refractivity contribution >= 4 is 5.78 Å². The molecule has 0 aliphatic carbocycles. The van der Waals surface area contributed by atoms with E-state index in [1.54, 1.807) is 13.8 Å². The minimum atomic E-state index is -4.82. The van der Waals surface area contributed by atoms with Crippen LogP contribution in [0.25, 0.3) is 0 Å². The van der Waals surface area contributed by atoms with Crippen LogP contribution in [0.3, 0.4) is 0 Å². The van der Waals surface area contributed by atoms with Gasteiger partial charge in [-0.3, -0.25) is 4.79 Å². The minimum absolute atomic E-state index is 0.261. The average Bonchev–Trinajstić information content (AvgIpc) is 2.24. The highest BCUT2D eigenvalue weighted by Gasteiger charge is 2.35. The molecule has 0 amide bonds. The van der Waals surface area contributed by atoms with E-state index in [-0.39, 0.29) is 6.10 Å². The molecule has 0 atom stereocenters. The number of carbonyl (C=O) groups excluding carboxylic acids is 1. The Hall–Kier alpha value is -1.43.